The molecule has 90 valence electrons. The molecular formula is C10H16N2O4. The highest BCUT2D eigenvalue weighted by Crippen LogP contribution is 2.04. The van der Waals surface area contributed by atoms with Gasteiger partial charge in [0.1, 0.15) is 6.04 Å². The Morgan fingerprint density at radius 2 is 1.88 bits per heavy atom. The van der Waals surface area contributed by atoms with Gasteiger partial charge in [-0.25, -0.2) is 0 Å². The minimum Gasteiger partial charge on any atom is -0.480 e. The average Bonchev–Trinajstić information content (AvgIpc) is 2.61. The highest BCUT2D eigenvalue weighted by Gasteiger charge is 2.17. The van der Waals surface area contributed by atoms with Crippen LogP contribution in [0.4, 0.5) is 0 Å². The summed E-state index contributed by atoms with van der Waals surface area (Å²) in [5.74, 6) is -1.50. The normalized spacial score (nSPS) is 17.2. The lowest BCUT2D eigenvalue weighted by Gasteiger charge is -2.11. The van der Waals surface area contributed by atoms with Gasteiger partial charge in [0, 0.05) is 12.2 Å². The summed E-state index contributed by atoms with van der Waals surface area (Å²) in [6, 6.07) is -0.699. The smallest absolute Gasteiger partial charge is 0.320 e. The monoisotopic (exact) mass is 228 g/mol. The number of rotatable bonds is 3. The van der Waals surface area contributed by atoms with E-state index >= 15 is 0 Å². The molecular weight excluding hydrogens is 212 g/mol. The zero-order valence-electron chi connectivity index (χ0n) is 9.27. The van der Waals surface area contributed by atoms with Gasteiger partial charge < -0.3 is 10.8 Å². The molecule has 0 spiro atoms. The van der Waals surface area contributed by atoms with Gasteiger partial charge >= 0.3 is 5.97 Å². The maximum absolute atomic E-state index is 10.2. The lowest BCUT2D eigenvalue weighted by molar-refractivity contribution is -0.139. The number of carboxylic acid groups (broad SMARTS) is 1. The number of carbonyl (C=O) groups is 3. The first-order valence-electron chi connectivity index (χ1n) is 4.89. The van der Waals surface area contributed by atoms with Gasteiger partial charge in [0.15, 0.2) is 0 Å². The van der Waals surface area contributed by atoms with Crippen LogP contribution in [0.1, 0.15) is 20.3 Å². The van der Waals surface area contributed by atoms with Gasteiger partial charge in [-0.05, 0) is 5.92 Å². The molecule has 1 rings (SSSR count). The molecule has 0 saturated carbocycles. The minimum absolute atomic E-state index is 0.0718. The van der Waals surface area contributed by atoms with Crippen molar-refractivity contribution in [3.63, 3.8) is 0 Å². The fraction of sp³-hybridized carbons (Fsp3) is 0.500. The van der Waals surface area contributed by atoms with E-state index in [1.807, 2.05) is 19.2 Å². The number of amides is 2. The molecule has 2 unspecified atom stereocenters. The third kappa shape index (κ3) is 5.26. The molecule has 2 amide bonds. The van der Waals surface area contributed by atoms with Crippen molar-refractivity contribution < 1.29 is 19.5 Å². The second-order valence-corrected chi connectivity index (χ2v) is 3.44. The second kappa shape index (κ2) is 6.73. The van der Waals surface area contributed by atoms with Gasteiger partial charge in [0.05, 0.1) is 0 Å². The predicted octanol–water partition coefficient (Wildman–Crippen LogP) is -0.357. The van der Waals surface area contributed by atoms with Crippen LogP contribution in [0.25, 0.3) is 0 Å². The van der Waals surface area contributed by atoms with E-state index in [4.69, 9.17) is 10.8 Å². The molecule has 0 aromatic rings. The Kier molecular flexibility index (Phi) is 6.02. The molecule has 16 heavy (non-hydrogen) atoms. The lowest BCUT2D eigenvalue weighted by atomic mass is 10.0. The van der Waals surface area contributed by atoms with Crippen LogP contribution in [0.5, 0.6) is 0 Å². The van der Waals surface area contributed by atoms with Crippen molar-refractivity contribution in [2.24, 2.45) is 11.7 Å². The minimum atomic E-state index is -0.913. The number of aliphatic carboxylic acids is 1. The maximum atomic E-state index is 10.2. The van der Waals surface area contributed by atoms with Crippen LogP contribution in [-0.2, 0) is 14.4 Å². The summed E-state index contributed by atoms with van der Waals surface area (Å²) in [6.45, 7) is 3.76. The Labute approximate surface area is 93.5 Å². The Hall–Kier alpha value is -1.69. The molecule has 0 radical (unpaired) electrons. The van der Waals surface area contributed by atoms with Gasteiger partial charge in [-0.2, -0.15) is 0 Å². The quantitative estimate of drug-likeness (QED) is 0.571. The first-order valence-corrected chi connectivity index (χ1v) is 4.89. The molecule has 1 aliphatic heterocycles. The summed E-state index contributed by atoms with van der Waals surface area (Å²) in [5, 5.41) is 10.4. The SMILES string of the molecule is CCC(C)C(N)C(=O)O.O=C1C=CC(=O)N1. The van der Waals surface area contributed by atoms with Gasteiger partial charge in [-0.3, -0.25) is 19.7 Å². The topological polar surface area (TPSA) is 109 Å². The summed E-state index contributed by atoms with van der Waals surface area (Å²) < 4.78 is 0. The fourth-order valence-corrected chi connectivity index (χ4v) is 0.853. The number of carbonyl (C=O) groups excluding carboxylic acids is 2. The maximum Gasteiger partial charge on any atom is 0.320 e. The molecule has 0 aromatic heterocycles. The first kappa shape index (κ1) is 14.3. The third-order valence-electron chi connectivity index (χ3n) is 2.17. The van der Waals surface area contributed by atoms with Crippen molar-refractivity contribution in [1.29, 1.82) is 0 Å². The second-order valence-electron chi connectivity index (χ2n) is 3.44. The van der Waals surface area contributed by atoms with Crippen LogP contribution in [0, 0.1) is 5.92 Å². The Bertz CT molecular complexity index is 296. The van der Waals surface area contributed by atoms with E-state index < -0.39 is 12.0 Å². The van der Waals surface area contributed by atoms with Crippen LogP contribution in [0.15, 0.2) is 12.2 Å². The van der Waals surface area contributed by atoms with Gasteiger partial charge in [-0.15, -0.1) is 0 Å². The van der Waals surface area contributed by atoms with Crippen molar-refractivity contribution in [1.82, 2.24) is 5.32 Å². The Morgan fingerprint density at radius 1 is 1.44 bits per heavy atom. The van der Waals surface area contributed by atoms with Crippen LogP contribution in [0.2, 0.25) is 0 Å². The molecule has 0 aromatic carbocycles. The van der Waals surface area contributed by atoms with Crippen LogP contribution in [-0.4, -0.2) is 28.9 Å². The Morgan fingerprint density at radius 3 is 2.00 bits per heavy atom. The number of nitrogens with two attached hydrogens (primary N) is 1. The van der Waals surface area contributed by atoms with E-state index in [0.717, 1.165) is 6.42 Å². The van der Waals surface area contributed by atoms with Crippen molar-refractivity contribution in [3.05, 3.63) is 12.2 Å². The zero-order chi connectivity index (χ0) is 12.7. The molecule has 0 saturated heterocycles. The first-order chi connectivity index (χ1) is 7.38. The van der Waals surface area contributed by atoms with E-state index in [-0.39, 0.29) is 17.7 Å². The highest BCUT2D eigenvalue weighted by molar-refractivity contribution is 6.12. The predicted molar refractivity (Wildman–Crippen MR) is 57.4 cm³/mol. The van der Waals surface area contributed by atoms with Crippen molar-refractivity contribution >= 4 is 17.8 Å². The van der Waals surface area contributed by atoms with E-state index in [2.05, 4.69) is 0 Å². The molecule has 0 bridgehead atoms. The molecule has 0 aliphatic carbocycles. The molecule has 4 N–H and O–H groups in total. The molecule has 6 heteroatoms. The molecule has 0 fully saturated rings. The van der Waals surface area contributed by atoms with E-state index in [1.54, 1.807) is 0 Å². The standard InChI is InChI=1S/C6H13NO2.C4H3NO2/c1-3-4(2)5(7)6(8)9;6-3-1-2-4(7)5-3/h4-5H,3,7H2,1-2H3,(H,8,9);1-2H,(H,5,6,7). The van der Waals surface area contributed by atoms with E-state index in [9.17, 15) is 14.4 Å². The van der Waals surface area contributed by atoms with Crippen molar-refractivity contribution in [2.75, 3.05) is 0 Å². The van der Waals surface area contributed by atoms with E-state index in [0.29, 0.717) is 0 Å². The third-order valence-corrected chi connectivity index (χ3v) is 2.17. The largest absolute Gasteiger partial charge is 0.480 e. The zero-order valence-corrected chi connectivity index (χ0v) is 9.27. The molecule has 1 aliphatic rings. The number of imide groups is 1. The molecule has 2 atom stereocenters. The van der Waals surface area contributed by atoms with Crippen LogP contribution < -0.4 is 11.1 Å². The number of nitrogens with one attached hydrogen (secondary N) is 1. The average molecular weight is 228 g/mol. The van der Waals surface area contributed by atoms with Gasteiger partial charge in [-0.1, -0.05) is 20.3 Å². The summed E-state index contributed by atoms with van der Waals surface area (Å²) in [5.41, 5.74) is 5.27. The lowest BCUT2D eigenvalue weighted by Crippen LogP contribution is -2.36. The number of carboxylic acids is 1. The van der Waals surface area contributed by atoms with E-state index in [1.165, 1.54) is 12.2 Å². The summed E-state index contributed by atoms with van der Waals surface area (Å²) >= 11 is 0. The molecule has 6 nitrogen and oxygen atoms in total. The summed E-state index contributed by atoms with van der Waals surface area (Å²) in [7, 11) is 0. The van der Waals surface area contributed by atoms with Crippen LogP contribution >= 0.6 is 0 Å². The van der Waals surface area contributed by atoms with Crippen LogP contribution in [0.3, 0.4) is 0 Å². The Balaban J connectivity index is 0.000000288. The van der Waals surface area contributed by atoms with Gasteiger partial charge in [0.2, 0.25) is 0 Å². The number of hydrogen-bond acceptors (Lipinski definition) is 4. The summed E-state index contributed by atoms with van der Waals surface area (Å²) in [6.07, 6.45) is 3.21. The van der Waals surface area contributed by atoms with Crippen molar-refractivity contribution in [3.8, 4) is 0 Å². The molecule has 1 heterocycles. The fourth-order valence-electron chi connectivity index (χ4n) is 0.853. The highest BCUT2D eigenvalue weighted by atomic mass is 16.4. The van der Waals surface area contributed by atoms with Crippen molar-refractivity contribution in [2.45, 2.75) is 26.3 Å². The summed E-state index contributed by atoms with van der Waals surface area (Å²) in [4.78, 5) is 30.2. The number of hydrogen-bond donors (Lipinski definition) is 3. The van der Waals surface area contributed by atoms with Gasteiger partial charge in [0.25, 0.3) is 11.8 Å².